The van der Waals surface area contributed by atoms with Crippen LogP contribution in [0.4, 0.5) is 11.9 Å². The molecule has 0 saturated heterocycles. The van der Waals surface area contributed by atoms with E-state index in [0.29, 0.717) is 31.5 Å². The second-order valence-corrected chi connectivity index (χ2v) is 4.41. The lowest BCUT2D eigenvalue weighted by Gasteiger charge is -2.09. The number of nitrogens with zero attached hydrogens (tertiary/aromatic N) is 5. The predicted octanol–water partition coefficient (Wildman–Crippen LogP) is 1.27. The maximum atomic E-state index is 11.6. The summed E-state index contributed by atoms with van der Waals surface area (Å²) in [6.45, 7) is 9.07. The van der Waals surface area contributed by atoms with Gasteiger partial charge in [-0.25, -0.2) is 4.68 Å². The summed E-state index contributed by atoms with van der Waals surface area (Å²) in [5, 5.41) is 10.1. The Morgan fingerprint density at radius 1 is 1.17 bits per heavy atom. The molecular weight excluding hydrogens is 298 g/mol. The van der Waals surface area contributed by atoms with E-state index in [1.807, 2.05) is 13.8 Å². The molecular formula is C14H19N7O2. The molecule has 0 fully saturated rings. The third kappa shape index (κ3) is 4.50. The lowest BCUT2D eigenvalue weighted by molar-refractivity contribution is 0.404. The molecule has 2 aromatic heterocycles. The van der Waals surface area contributed by atoms with E-state index in [4.69, 9.17) is 4.74 Å². The van der Waals surface area contributed by atoms with E-state index in [1.165, 1.54) is 16.8 Å². The topological polar surface area (TPSA) is 107 Å². The van der Waals surface area contributed by atoms with Crippen molar-refractivity contribution in [3.63, 3.8) is 0 Å². The fourth-order valence-corrected chi connectivity index (χ4v) is 1.71. The van der Waals surface area contributed by atoms with Crippen LogP contribution in [0.5, 0.6) is 11.9 Å². The molecule has 0 saturated carbocycles. The number of hydrogen-bond donors (Lipinski definition) is 2. The molecule has 0 radical (unpaired) electrons. The molecule has 122 valence electrons. The summed E-state index contributed by atoms with van der Waals surface area (Å²) in [5.41, 5.74) is -0.241. The highest BCUT2D eigenvalue weighted by molar-refractivity contribution is 5.36. The number of aromatic nitrogens is 5. The summed E-state index contributed by atoms with van der Waals surface area (Å²) in [6.07, 6.45) is 1.58. The van der Waals surface area contributed by atoms with Crippen LogP contribution in [0.2, 0.25) is 0 Å². The number of rotatable bonds is 8. The van der Waals surface area contributed by atoms with Gasteiger partial charge in [0.05, 0.1) is 6.54 Å². The van der Waals surface area contributed by atoms with Gasteiger partial charge in [0.1, 0.15) is 0 Å². The van der Waals surface area contributed by atoms with Crippen LogP contribution in [-0.4, -0.2) is 37.8 Å². The van der Waals surface area contributed by atoms with Crippen LogP contribution >= 0.6 is 0 Å². The van der Waals surface area contributed by atoms with Gasteiger partial charge in [0.15, 0.2) is 0 Å². The van der Waals surface area contributed by atoms with E-state index in [2.05, 4.69) is 37.3 Å². The molecule has 2 rings (SSSR count). The van der Waals surface area contributed by atoms with Crippen LogP contribution in [0.15, 0.2) is 29.6 Å². The van der Waals surface area contributed by atoms with Gasteiger partial charge in [0, 0.05) is 25.2 Å². The molecule has 23 heavy (non-hydrogen) atoms. The Morgan fingerprint density at radius 2 is 1.83 bits per heavy atom. The van der Waals surface area contributed by atoms with Gasteiger partial charge in [-0.1, -0.05) is 6.08 Å². The standard InChI is InChI=1S/C14H19N7O2/c1-4-9-21-11(22)8-7-10(20-21)23-14-18-12(15-5-2)17-13(19-14)16-6-3/h4,7-8H,1,5-6,9H2,2-3H3,(H2,15,16,17,18,19). The summed E-state index contributed by atoms with van der Waals surface area (Å²) in [6, 6.07) is 2.91. The Balaban J connectivity index is 2.29. The van der Waals surface area contributed by atoms with Crippen molar-refractivity contribution in [3.8, 4) is 11.9 Å². The molecule has 2 N–H and O–H groups in total. The van der Waals surface area contributed by atoms with Crippen LogP contribution in [0.25, 0.3) is 0 Å². The van der Waals surface area contributed by atoms with Crippen molar-refractivity contribution >= 4 is 11.9 Å². The Hall–Kier alpha value is -2.97. The monoisotopic (exact) mass is 317 g/mol. The highest BCUT2D eigenvalue weighted by Gasteiger charge is 2.09. The SMILES string of the molecule is C=CCn1nc(Oc2nc(NCC)nc(NCC)n2)ccc1=O. The van der Waals surface area contributed by atoms with Crippen LogP contribution in [0.1, 0.15) is 13.8 Å². The van der Waals surface area contributed by atoms with Crippen LogP contribution in [-0.2, 0) is 6.54 Å². The van der Waals surface area contributed by atoms with E-state index in [9.17, 15) is 4.79 Å². The average Bonchev–Trinajstić information content (AvgIpc) is 2.51. The molecule has 0 aromatic carbocycles. The van der Waals surface area contributed by atoms with Crippen LogP contribution in [0, 0.1) is 0 Å². The van der Waals surface area contributed by atoms with Crippen molar-refractivity contribution < 1.29 is 4.74 Å². The summed E-state index contributed by atoms with van der Waals surface area (Å²) in [5.74, 6) is 1.00. The van der Waals surface area contributed by atoms with Gasteiger partial charge in [-0.05, 0) is 13.8 Å². The van der Waals surface area contributed by atoms with Gasteiger partial charge in [0.25, 0.3) is 5.56 Å². The normalized spacial score (nSPS) is 10.2. The first-order valence-electron chi connectivity index (χ1n) is 7.27. The van der Waals surface area contributed by atoms with Gasteiger partial charge < -0.3 is 15.4 Å². The molecule has 9 heteroatoms. The van der Waals surface area contributed by atoms with Gasteiger partial charge in [-0.15, -0.1) is 11.7 Å². The van der Waals surface area contributed by atoms with Crippen molar-refractivity contribution in [1.29, 1.82) is 0 Å². The van der Waals surface area contributed by atoms with E-state index in [1.54, 1.807) is 6.08 Å². The lowest BCUT2D eigenvalue weighted by Crippen LogP contribution is -2.21. The fraction of sp³-hybridized carbons (Fsp3) is 0.357. The second-order valence-electron chi connectivity index (χ2n) is 4.41. The Bertz CT molecular complexity index is 705. The molecule has 0 spiro atoms. The molecule has 0 unspecified atom stereocenters. The summed E-state index contributed by atoms with van der Waals surface area (Å²) in [7, 11) is 0. The first-order chi connectivity index (χ1) is 11.2. The molecule has 0 atom stereocenters. The Kier molecular flexibility index (Phi) is 5.61. The smallest absolute Gasteiger partial charge is 0.330 e. The Morgan fingerprint density at radius 3 is 2.39 bits per heavy atom. The quantitative estimate of drug-likeness (QED) is 0.701. The first kappa shape index (κ1) is 16.4. The van der Waals surface area contributed by atoms with Crippen molar-refractivity contribution in [3.05, 3.63) is 35.1 Å². The zero-order valence-electron chi connectivity index (χ0n) is 13.1. The Labute approximate surface area is 133 Å². The number of ether oxygens (including phenoxy) is 1. The largest absolute Gasteiger partial charge is 0.403 e. The van der Waals surface area contributed by atoms with Crippen molar-refractivity contribution in [2.75, 3.05) is 23.7 Å². The van der Waals surface area contributed by atoms with Crippen molar-refractivity contribution in [2.24, 2.45) is 0 Å². The minimum Gasteiger partial charge on any atom is -0.403 e. The lowest BCUT2D eigenvalue weighted by atomic mass is 10.5. The van der Waals surface area contributed by atoms with Crippen molar-refractivity contribution in [1.82, 2.24) is 24.7 Å². The zero-order chi connectivity index (χ0) is 16.7. The minimum atomic E-state index is -0.241. The number of anilines is 2. The predicted molar refractivity (Wildman–Crippen MR) is 86.9 cm³/mol. The number of nitrogens with one attached hydrogen (secondary N) is 2. The van der Waals surface area contributed by atoms with E-state index >= 15 is 0 Å². The van der Waals surface area contributed by atoms with Gasteiger partial charge in [-0.3, -0.25) is 4.79 Å². The van der Waals surface area contributed by atoms with Crippen LogP contribution < -0.4 is 20.9 Å². The minimum absolute atomic E-state index is 0.0863. The molecule has 0 amide bonds. The second kappa shape index (κ2) is 7.87. The maximum absolute atomic E-state index is 11.6. The summed E-state index contributed by atoms with van der Waals surface area (Å²) < 4.78 is 6.78. The highest BCUT2D eigenvalue weighted by atomic mass is 16.5. The molecule has 9 nitrogen and oxygen atoms in total. The third-order valence-electron chi connectivity index (χ3n) is 2.62. The molecule has 0 aliphatic heterocycles. The number of allylic oxidation sites excluding steroid dienone is 1. The van der Waals surface area contributed by atoms with Crippen LogP contribution in [0.3, 0.4) is 0 Å². The summed E-state index contributed by atoms with van der Waals surface area (Å²) >= 11 is 0. The molecule has 0 bridgehead atoms. The van der Waals surface area contributed by atoms with Gasteiger partial charge >= 0.3 is 6.01 Å². The molecule has 0 aliphatic carbocycles. The van der Waals surface area contributed by atoms with Crippen molar-refractivity contribution in [2.45, 2.75) is 20.4 Å². The van der Waals surface area contributed by atoms with E-state index in [-0.39, 0.29) is 17.4 Å². The highest BCUT2D eigenvalue weighted by Crippen LogP contribution is 2.16. The van der Waals surface area contributed by atoms with E-state index in [0.717, 1.165) is 0 Å². The van der Waals surface area contributed by atoms with Gasteiger partial charge in [-0.2, -0.15) is 15.0 Å². The van der Waals surface area contributed by atoms with E-state index < -0.39 is 0 Å². The molecule has 2 heterocycles. The van der Waals surface area contributed by atoms with Gasteiger partial charge in [0.2, 0.25) is 17.8 Å². The maximum Gasteiger partial charge on any atom is 0.330 e. The zero-order valence-corrected chi connectivity index (χ0v) is 13.1. The molecule has 0 aliphatic rings. The third-order valence-corrected chi connectivity index (χ3v) is 2.62. The first-order valence-corrected chi connectivity index (χ1v) is 7.27. The molecule has 2 aromatic rings. The number of hydrogen-bond acceptors (Lipinski definition) is 8. The summed E-state index contributed by atoms with van der Waals surface area (Å²) in [4.78, 5) is 24.1. The fourth-order valence-electron chi connectivity index (χ4n) is 1.71. The average molecular weight is 317 g/mol.